The van der Waals surface area contributed by atoms with E-state index in [1.54, 1.807) is 26.0 Å². The van der Waals surface area contributed by atoms with Gasteiger partial charge in [-0.25, -0.2) is 9.18 Å². The second-order valence-corrected chi connectivity index (χ2v) is 6.09. The Bertz CT molecular complexity index is 839. The topological polar surface area (TPSA) is 79.2 Å². The summed E-state index contributed by atoms with van der Waals surface area (Å²) < 4.78 is 18.3. The molecule has 2 aromatic carbocycles. The van der Waals surface area contributed by atoms with Gasteiger partial charge in [-0.15, -0.1) is 0 Å². The lowest BCUT2D eigenvalue weighted by Crippen LogP contribution is -2.22. The van der Waals surface area contributed by atoms with Crippen LogP contribution in [-0.4, -0.2) is 18.5 Å². The first-order valence-corrected chi connectivity index (χ1v) is 8.12. The number of esters is 1. The number of nitrogens with one attached hydrogen (secondary N) is 1. The predicted molar refractivity (Wildman–Crippen MR) is 92.7 cm³/mol. The van der Waals surface area contributed by atoms with Crippen molar-refractivity contribution < 1.29 is 18.7 Å². The number of benzene rings is 2. The summed E-state index contributed by atoms with van der Waals surface area (Å²) in [7, 11) is 0. The molecule has 0 unspecified atom stereocenters. The van der Waals surface area contributed by atoms with E-state index in [-0.39, 0.29) is 5.56 Å². The third-order valence-corrected chi connectivity index (χ3v) is 3.92. The minimum Gasteiger partial charge on any atom is -0.452 e. The average Bonchev–Trinajstić information content (AvgIpc) is 2.57. The molecule has 0 aromatic heterocycles. The molecule has 0 aliphatic rings. The largest absolute Gasteiger partial charge is 0.452 e. The van der Waals surface area contributed by atoms with Gasteiger partial charge in [0.15, 0.2) is 6.61 Å². The standard InChI is InChI=1S/C18H15FN2O3S/c1-11-7-13(25-10-20)8-12(2)17(11)21-16(22)9-24-18(23)14-5-3-4-6-15(14)19/h3-8H,9H2,1-2H3,(H,21,22). The molecule has 25 heavy (non-hydrogen) atoms. The third kappa shape index (κ3) is 4.81. The van der Waals surface area contributed by atoms with Crippen LogP contribution < -0.4 is 5.32 Å². The molecule has 0 aliphatic carbocycles. The summed E-state index contributed by atoms with van der Waals surface area (Å²) in [4.78, 5) is 24.6. The number of nitrogens with zero attached hydrogens (tertiary/aromatic N) is 1. The minimum absolute atomic E-state index is 0.222. The van der Waals surface area contributed by atoms with Crippen LogP contribution in [0.4, 0.5) is 10.1 Å². The number of hydrogen-bond acceptors (Lipinski definition) is 5. The van der Waals surface area contributed by atoms with Gasteiger partial charge in [-0.1, -0.05) is 12.1 Å². The van der Waals surface area contributed by atoms with Crippen LogP contribution in [0.2, 0.25) is 0 Å². The number of nitriles is 1. The number of ether oxygens (including phenoxy) is 1. The van der Waals surface area contributed by atoms with Crippen molar-refractivity contribution in [1.29, 1.82) is 5.26 Å². The summed E-state index contributed by atoms with van der Waals surface area (Å²) >= 11 is 1.03. The zero-order chi connectivity index (χ0) is 18.4. The fourth-order valence-corrected chi connectivity index (χ4v) is 2.82. The second-order valence-electron chi connectivity index (χ2n) is 5.23. The monoisotopic (exact) mass is 358 g/mol. The number of rotatable bonds is 5. The van der Waals surface area contributed by atoms with Crippen LogP contribution in [0.25, 0.3) is 0 Å². The Morgan fingerprint density at radius 1 is 1.24 bits per heavy atom. The lowest BCUT2D eigenvalue weighted by atomic mass is 10.1. The maximum atomic E-state index is 13.5. The maximum absolute atomic E-state index is 13.5. The van der Waals surface area contributed by atoms with Crippen molar-refractivity contribution in [2.75, 3.05) is 11.9 Å². The number of amides is 1. The molecule has 5 nitrogen and oxygen atoms in total. The van der Waals surface area contributed by atoms with E-state index in [4.69, 9.17) is 10.00 Å². The Morgan fingerprint density at radius 2 is 1.88 bits per heavy atom. The van der Waals surface area contributed by atoms with Crippen molar-refractivity contribution in [2.45, 2.75) is 18.7 Å². The fourth-order valence-electron chi connectivity index (χ4n) is 2.24. The SMILES string of the molecule is Cc1cc(SC#N)cc(C)c1NC(=O)COC(=O)c1ccccc1F. The summed E-state index contributed by atoms with van der Waals surface area (Å²) in [5, 5.41) is 13.4. The van der Waals surface area contributed by atoms with Crippen LogP contribution in [-0.2, 0) is 9.53 Å². The van der Waals surface area contributed by atoms with Gasteiger partial charge in [0, 0.05) is 10.6 Å². The molecule has 2 rings (SSSR count). The molecule has 1 N–H and O–H groups in total. The number of anilines is 1. The quantitative estimate of drug-likeness (QED) is 0.499. The Hall–Kier alpha value is -2.85. The fraction of sp³-hybridized carbons (Fsp3) is 0.167. The number of thioether (sulfide) groups is 1. The number of hydrogen-bond donors (Lipinski definition) is 1. The van der Waals surface area contributed by atoms with Crippen LogP contribution in [0.1, 0.15) is 21.5 Å². The lowest BCUT2D eigenvalue weighted by Gasteiger charge is -2.13. The molecule has 128 valence electrons. The summed E-state index contributed by atoms with van der Waals surface area (Å²) in [6.07, 6.45) is 0. The first kappa shape index (κ1) is 18.5. The van der Waals surface area contributed by atoms with E-state index < -0.39 is 24.3 Å². The van der Waals surface area contributed by atoms with E-state index in [0.717, 1.165) is 33.9 Å². The van der Waals surface area contributed by atoms with Crippen molar-refractivity contribution in [1.82, 2.24) is 0 Å². The normalized spacial score (nSPS) is 10.0. The van der Waals surface area contributed by atoms with E-state index >= 15 is 0 Å². The Kier molecular flexibility index (Phi) is 6.14. The highest BCUT2D eigenvalue weighted by molar-refractivity contribution is 8.03. The van der Waals surface area contributed by atoms with Gasteiger partial charge in [0.05, 0.1) is 5.56 Å². The number of halogens is 1. The molecule has 0 radical (unpaired) electrons. The first-order chi connectivity index (χ1) is 11.9. The van der Waals surface area contributed by atoms with E-state index in [1.807, 2.05) is 5.40 Å². The van der Waals surface area contributed by atoms with Crippen molar-refractivity contribution in [2.24, 2.45) is 0 Å². The van der Waals surface area contributed by atoms with E-state index in [1.165, 1.54) is 18.2 Å². The van der Waals surface area contributed by atoms with Gasteiger partial charge >= 0.3 is 5.97 Å². The second kappa shape index (κ2) is 8.31. The van der Waals surface area contributed by atoms with Gasteiger partial charge in [0.2, 0.25) is 0 Å². The molecule has 2 aromatic rings. The highest BCUT2D eigenvalue weighted by atomic mass is 32.2. The van der Waals surface area contributed by atoms with Crippen LogP contribution >= 0.6 is 11.8 Å². The van der Waals surface area contributed by atoms with Gasteiger partial charge in [-0.2, -0.15) is 5.26 Å². The molecule has 0 fully saturated rings. The maximum Gasteiger partial charge on any atom is 0.341 e. The number of carbonyl (C=O) groups excluding carboxylic acids is 2. The number of carbonyl (C=O) groups is 2. The van der Waals surface area contributed by atoms with Gasteiger partial charge in [-0.3, -0.25) is 4.79 Å². The molecule has 0 atom stereocenters. The smallest absolute Gasteiger partial charge is 0.341 e. The van der Waals surface area contributed by atoms with Gasteiger partial charge in [0.25, 0.3) is 5.91 Å². The van der Waals surface area contributed by atoms with Gasteiger partial charge in [-0.05, 0) is 61.0 Å². The summed E-state index contributed by atoms with van der Waals surface area (Å²) in [5.41, 5.74) is 1.94. The molecule has 0 spiro atoms. The molecule has 0 saturated heterocycles. The first-order valence-electron chi connectivity index (χ1n) is 7.31. The highest BCUT2D eigenvalue weighted by Crippen LogP contribution is 2.27. The van der Waals surface area contributed by atoms with E-state index in [2.05, 4.69) is 5.32 Å². The van der Waals surface area contributed by atoms with Gasteiger partial charge in [0.1, 0.15) is 11.2 Å². The lowest BCUT2D eigenvalue weighted by molar-refractivity contribution is -0.119. The van der Waals surface area contributed by atoms with Crippen LogP contribution in [0.15, 0.2) is 41.3 Å². The Labute approximate surface area is 148 Å². The average molecular weight is 358 g/mol. The molecule has 0 heterocycles. The molecule has 0 bridgehead atoms. The van der Waals surface area contributed by atoms with Crippen molar-refractivity contribution >= 4 is 29.3 Å². The molecule has 1 amide bonds. The van der Waals surface area contributed by atoms with E-state index in [0.29, 0.717) is 5.69 Å². The zero-order valence-corrected chi connectivity index (χ0v) is 14.4. The van der Waals surface area contributed by atoms with Crippen LogP contribution in [0, 0.1) is 30.3 Å². The highest BCUT2D eigenvalue weighted by Gasteiger charge is 2.15. The molecular weight excluding hydrogens is 343 g/mol. The summed E-state index contributed by atoms with van der Waals surface area (Å²) in [6, 6.07) is 8.95. The third-order valence-electron chi connectivity index (χ3n) is 3.36. The molecular formula is C18H15FN2O3S. The number of thiocyanates is 1. The minimum atomic E-state index is -0.900. The predicted octanol–water partition coefficient (Wildman–Crippen LogP) is 3.81. The van der Waals surface area contributed by atoms with Crippen molar-refractivity contribution in [3.05, 3.63) is 58.9 Å². The summed E-state index contributed by atoms with van der Waals surface area (Å²) in [6.45, 7) is 3.07. The van der Waals surface area contributed by atoms with Crippen molar-refractivity contribution in [3.63, 3.8) is 0 Å². The van der Waals surface area contributed by atoms with Gasteiger partial charge < -0.3 is 10.1 Å². The van der Waals surface area contributed by atoms with Crippen molar-refractivity contribution in [3.8, 4) is 5.40 Å². The molecule has 0 saturated carbocycles. The molecule has 7 heteroatoms. The molecule has 0 aliphatic heterocycles. The number of aryl methyl sites for hydroxylation is 2. The van der Waals surface area contributed by atoms with Crippen LogP contribution in [0.5, 0.6) is 0 Å². The Morgan fingerprint density at radius 3 is 2.48 bits per heavy atom. The van der Waals surface area contributed by atoms with Crippen LogP contribution in [0.3, 0.4) is 0 Å². The Balaban J connectivity index is 2.00. The van der Waals surface area contributed by atoms with E-state index in [9.17, 15) is 14.0 Å². The summed E-state index contributed by atoms with van der Waals surface area (Å²) in [5.74, 6) is -2.13. The zero-order valence-electron chi connectivity index (χ0n) is 13.6.